The zero-order chi connectivity index (χ0) is 13.0. The van der Waals surface area contributed by atoms with Crippen molar-refractivity contribution in [2.75, 3.05) is 22.9 Å². The lowest BCUT2D eigenvalue weighted by molar-refractivity contribution is 1.11. The highest BCUT2D eigenvalue weighted by molar-refractivity contribution is 5.78. The third-order valence-corrected chi connectivity index (χ3v) is 2.63. The number of rotatable bonds is 4. The summed E-state index contributed by atoms with van der Waals surface area (Å²) in [6, 6.07) is 7.99. The lowest BCUT2D eigenvalue weighted by atomic mass is 10.2. The molecular weight excluding hydrogens is 226 g/mol. The summed E-state index contributed by atoms with van der Waals surface area (Å²) < 4.78 is 0. The van der Waals surface area contributed by atoms with E-state index in [4.69, 9.17) is 5.73 Å². The molecule has 5 heteroatoms. The van der Waals surface area contributed by atoms with Crippen LogP contribution >= 0.6 is 0 Å². The number of hydrogen-bond acceptors (Lipinski definition) is 5. The van der Waals surface area contributed by atoms with Gasteiger partial charge in [-0.05, 0) is 25.5 Å². The molecule has 94 valence electrons. The third-order valence-electron chi connectivity index (χ3n) is 2.63. The van der Waals surface area contributed by atoms with Crippen molar-refractivity contribution in [3.8, 4) is 0 Å². The Labute approximate surface area is 106 Å². The fourth-order valence-electron chi connectivity index (χ4n) is 1.64. The maximum Gasteiger partial charge on any atom is 0.159 e. The summed E-state index contributed by atoms with van der Waals surface area (Å²) in [6.07, 6.45) is 1.50. The van der Waals surface area contributed by atoms with Gasteiger partial charge in [0.25, 0.3) is 0 Å². The highest BCUT2D eigenvalue weighted by atomic mass is 15.1. The zero-order valence-corrected chi connectivity index (χ0v) is 10.6. The monoisotopic (exact) mass is 243 g/mol. The number of aryl methyl sites for hydroxylation is 1. The SMILES string of the molecule is CCNc1ncnc(Nc2ccccc2C)c1N. The van der Waals surface area contributed by atoms with Crippen molar-refractivity contribution in [2.24, 2.45) is 0 Å². The van der Waals surface area contributed by atoms with Crippen molar-refractivity contribution in [1.82, 2.24) is 9.97 Å². The molecule has 0 aliphatic heterocycles. The molecule has 0 atom stereocenters. The molecule has 0 radical (unpaired) electrons. The Bertz CT molecular complexity index is 539. The van der Waals surface area contributed by atoms with Crippen LogP contribution in [-0.2, 0) is 0 Å². The molecule has 0 amide bonds. The molecular formula is C13H17N5. The maximum atomic E-state index is 6.02. The molecule has 0 fully saturated rings. The van der Waals surface area contributed by atoms with E-state index in [2.05, 4.69) is 20.6 Å². The third kappa shape index (κ3) is 2.51. The number of nitrogen functional groups attached to an aromatic ring is 1. The van der Waals surface area contributed by atoms with Crippen LogP contribution in [0.5, 0.6) is 0 Å². The Balaban J connectivity index is 2.30. The Kier molecular flexibility index (Phi) is 3.62. The molecule has 0 saturated carbocycles. The van der Waals surface area contributed by atoms with Gasteiger partial charge >= 0.3 is 0 Å². The number of benzene rings is 1. The number of anilines is 4. The van der Waals surface area contributed by atoms with Crippen LogP contribution in [0.2, 0.25) is 0 Å². The first-order valence-corrected chi connectivity index (χ1v) is 5.89. The lowest BCUT2D eigenvalue weighted by Gasteiger charge is -2.12. The summed E-state index contributed by atoms with van der Waals surface area (Å²) in [5.41, 5.74) is 8.68. The highest BCUT2D eigenvalue weighted by Crippen LogP contribution is 2.26. The Morgan fingerprint density at radius 3 is 2.61 bits per heavy atom. The van der Waals surface area contributed by atoms with Gasteiger partial charge in [0.2, 0.25) is 0 Å². The summed E-state index contributed by atoms with van der Waals surface area (Å²) in [5.74, 6) is 1.28. The highest BCUT2D eigenvalue weighted by Gasteiger charge is 2.08. The Morgan fingerprint density at radius 1 is 1.17 bits per heavy atom. The first-order valence-electron chi connectivity index (χ1n) is 5.89. The van der Waals surface area contributed by atoms with Crippen LogP contribution in [0.1, 0.15) is 12.5 Å². The molecule has 0 aliphatic carbocycles. The fraction of sp³-hybridized carbons (Fsp3) is 0.231. The topological polar surface area (TPSA) is 75.9 Å². The van der Waals surface area contributed by atoms with Gasteiger partial charge < -0.3 is 16.4 Å². The van der Waals surface area contributed by atoms with Crippen molar-refractivity contribution in [1.29, 1.82) is 0 Å². The molecule has 4 N–H and O–H groups in total. The average Bonchev–Trinajstić information content (AvgIpc) is 2.37. The molecule has 0 bridgehead atoms. The van der Waals surface area contributed by atoms with E-state index >= 15 is 0 Å². The van der Waals surface area contributed by atoms with Crippen LogP contribution in [-0.4, -0.2) is 16.5 Å². The number of hydrogen-bond donors (Lipinski definition) is 3. The number of para-hydroxylation sites is 1. The molecule has 0 spiro atoms. The van der Waals surface area contributed by atoms with E-state index in [1.807, 2.05) is 38.1 Å². The van der Waals surface area contributed by atoms with E-state index in [-0.39, 0.29) is 0 Å². The van der Waals surface area contributed by atoms with Gasteiger partial charge in [-0.2, -0.15) is 0 Å². The first-order chi connectivity index (χ1) is 8.72. The van der Waals surface area contributed by atoms with E-state index in [1.54, 1.807) is 0 Å². The van der Waals surface area contributed by atoms with Crippen molar-refractivity contribution in [3.05, 3.63) is 36.2 Å². The van der Waals surface area contributed by atoms with Gasteiger partial charge in [-0.1, -0.05) is 18.2 Å². The van der Waals surface area contributed by atoms with E-state index in [9.17, 15) is 0 Å². The van der Waals surface area contributed by atoms with Crippen molar-refractivity contribution < 1.29 is 0 Å². The van der Waals surface area contributed by atoms with Crippen LogP contribution < -0.4 is 16.4 Å². The summed E-state index contributed by atoms with van der Waals surface area (Å²) >= 11 is 0. The smallest absolute Gasteiger partial charge is 0.159 e. The van der Waals surface area contributed by atoms with E-state index in [0.29, 0.717) is 17.3 Å². The summed E-state index contributed by atoms with van der Waals surface area (Å²) in [5, 5.41) is 6.32. The van der Waals surface area contributed by atoms with Gasteiger partial charge in [0.05, 0.1) is 0 Å². The molecule has 18 heavy (non-hydrogen) atoms. The second kappa shape index (κ2) is 5.35. The second-order valence-electron chi connectivity index (χ2n) is 3.95. The fourth-order valence-corrected chi connectivity index (χ4v) is 1.64. The van der Waals surface area contributed by atoms with Gasteiger partial charge in [-0.3, -0.25) is 0 Å². The molecule has 0 aliphatic rings. The van der Waals surface area contributed by atoms with Gasteiger partial charge in [-0.25, -0.2) is 9.97 Å². The number of nitrogens with zero attached hydrogens (tertiary/aromatic N) is 2. The molecule has 1 heterocycles. The summed E-state index contributed by atoms with van der Waals surface area (Å²) in [6.45, 7) is 4.80. The molecule has 0 saturated heterocycles. The zero-order valence-electron chi connectivity index (χ0n) is 10.6. The van der Waals surface area contributed by atoms with Crippen LogP contribution in [0, 0.1) is 6.92 Å². The number of nitrogens with two attached hydrogens (primary N) is 1. The van der Waals surface area contributed by atoms with Crippen LogP contribution in [0.3, 0.4) is 0 Å². The van der Waals surface area contributed by atoms with E-state index in [1.165, 1.54) is 6.33 Å². The molecule has 0 unspecified atom stereocenters. The molecule has 1 aromatic heterocycles. The minimum absolute atomic E-state index is 0.530. The lowest BCUT2D eigenvalue weighted by Crippen LogP contribution is -2.07. The van der Waals surface area contributed by atoms with E-state index in [0.717, 1.165) is 17.8 Å². The van der Waals surface area contributed by atoms with Crippen molar-refractivity contribution in [3.63, 3.8) is 0 Å². The summed E-state index contributed by atoms with van der Waals surface area (Å²) in [4.78, 5) is 8.28. The minimum Gasteiger partial charge on any atom is -0.393 e. The van der Waals surface area contributed by atoms with Gasteiger partial charge in [0, 0.05) is 12.2 Å². The minimum atomic E-state index is 0.530. The van der Waals surface area contributed by atoms with Gasteiger partial charge in [0.15, 0.2) is 11.6 Å². The Morgan fingerprint density at radius 2 is 1.89 bits per heavy atom. The summed E-state index contributed by atoms with van der Waals surface area (Å²) in [7, 11) is 0. The number of aromatic nitrogens is 2. The van der Waals surface area contributed by atoms with Crippen molar-refractivity contribution >= 4 is 23.0 Å². The quantitative estimate of drug-likeness (QED) is 0.769. The van der Waals surface area contributed by atoms with Crippen LogP contribution in [0.4, 0.5) is 23.0 Å². The second-order valence-corrected chi connectivity index (χ2v) is 3.95. The predicted molar refractivity (Wildman–Crippen MR) is 75.1 cm³/mol. The standard InChI is InChI=1S/C13H17N5/c1-3-15-12-11(14)13(17-8-16-12)18-10-7-5-4-6-9(10)2/h4-8H,3,14H2,1-2H3,(H2,15,16,17,18). The first kappa shape index (κ1) is 12.2. The van der Waals surface area contributed by atoms with Gasteiger partial charge in [-0.15, -0.1) is 0 Å². The van der Waals surface area contributed by atoms with Gasteiger partial charge in [0.1, 0.15) is 12.0 Å². The van der Waals surface area contributed by atoms with E-state index < -0.39 is 0 Å². The normalized spacial score (nSPS) is 10.1. The largest absolute Gasteiger partial charge is 0.393 e. The van der Waals surface area contributed by atoms with Crippen molar-refractivity contribution in [2.45, 2.75) is 13.8 Å². The molecule has 1 aromatic carbocycles. The Hall–Kier alpha value is -2.30. The number of nitrogens with one attached hydrogen (secondary N) is 2. The molecule has 2 rings (SSSR count). The molecule has 5 nitrogen and oxygen atoms in total. The van der Waals surface area contributed by atoms with Crippen LogP contribution in [0.25, 0.3) is 0 Å². The maximum absolute atomic E-state index is 6.02. The predicted octanol–water partition coefficient (Wildman–Crippen LogP) is 2.54. The molecule has 2 aromatic rings. The van der Waals surface area contributed by atoms with Crippen LogP contribution in [0.15, 0.2) is 30.6 Å². The average molecular weight is 243 g/mol.